The fourth-order valence-electron chi connectivity index (χ4n) is 2.00. The smallest absolute Gasteiger partial charge is 0.249 e. The summed E-state index contributed by atoms with van der Waals surface area (Å²) in [7, 11) is 0. The molecule has 4 nitrogen and oxygen atoms in total. The first kappa shape index (κ1) is 12.9. The first-order chi connectivity index (χ1) is 8.49. The molecule has 2 amide bonds. The van der Waals surface area contributed by atoms with Crippen molar-refractivity contribution in [3.63, 3.8) is 0 Å². The lowest BCUT2D eigenvalue weighted by molar-refractivity contribution is -0.125. The Morgan fingerprint density at radius 3 is 2.83 bits per heavy atom. The monoisotopic (exact) mass is 266 g/mol. The highest BCUT2D eigenvalue weighted by Gasteiger charge is 2.28. The van der Waals surface area contributed by atoms with Crippen molar-refractivity contribution in [3.05, 3.63) is 28.8 Å². The maximum atomic E-state index is 12.2. The van der Waals surface area contributed by atoms with Gasteiger partial charge in [0.05, 0.1) is 10.7 Å². The molecule has 0 radical (unpaired) electrons. The number of rotatable bonds is 1. The summed E-state index contributed by atoms with van der Waals surface area (Å²) in [6, 6.07) is 5.00. The SMILES string of the molecule is Cc1ccc(Cl)c(N2CCC(=O)NC(C)C2=O)c1. The predicted octanol–water partition coefficient (Wildman–Crippen LogP) is 1.89. The van der Waals surface area contributed by atoms with Gasteiger partial charge < -0.3 is 10.2 Å². The highest BCUT2D eigenvalue weighted by molar-refractivity contribution is 6.34. The van der Waals surface area contributed by atoms with E-state index in [4.69, 9.17) is 11.6 Å². The van der Waals surface area contributed by atoms with Gasteiger partial charge in [-0.25, -0.2) is 0 Å². The molecule has 1 N–H and O–H groups in total. The summed E-state index contributed by atoms with van der Waals surface area (Å²) >= 11 is 6.13. The van der Waals surface area contributed by atoms with Gasteiger partial charge in [-0.3, -0.25) is 9.59 Å². The minimum Gasteiger partial charge on any atom is -0.345 e. The molecule has 96 valence electrons. The van der Waals surface area contributed by atoms with Crippen LogP contribution in [0.25, 0.3) is 0 Å². The van der Waals surface area contributed by atoms with Crippen LogP contribution in [0.4, 0.5) is 5.69 Å². The predicted molar refractivity (Wildman–Crippen MR) is 70.8 cm³/mol. The maximum Gasteiger partial charge on any atom is 0.249 e. The van der Waals surface area contributed by atoms with Gasteiger partial charge in [0.25, 0.3) is 0 Å². The fraction of sp³-hybridized carbons (Fsp3) is 0.385. The third-order valence-corrected chi connectivity index (χ3v) is 3.29. The Labute approximate surface area is 111 Å². The molecule has 1 aliphatic heterocycles. The molecule has 1 saturated heterocycles. The summed E-state index contributed by atoms with van der Waals surface area (Å²) in [6.45, 7) is 3.98. The Bertz CT molecular complexity index is 502. The number of carbonyl (C=O) groups excluding carboxylic acids is 2. The van der Waals surface area contributed by atoms with Gasteiger partial charge in [0.1, 0.15) is 6.04 Å². The third-order valence-electron chi connectivity index (χ3n) is 2.97. The maximum absolute atomic E-state index is 12.2. The molecule has 0 bridgehead atoms. The number of hydrogen-bond donors (Lipinski definition) is 1. The molecule has 1 heterocycles. The molecule has 1 aliphatic rings. The fourth-order valence-corrected chi connectivity index (χ4v) is 2.22. The van der Waals surface area contributed by atoms with E-state index in [1.807, 2.05) is 19.1 Å². The van der Waals surface area contributed by atoms with Crippen molar-refractivity contribution in [1.29, 1.82) is 0 Å². The quantitative estimate of drug-likeness (QED) is 0.844. The number of carbonyl (C=O) groups is 2. The molecular formula is C13H15ClN2O2. The second-order valence-corrected chi connectivity index (χ2v) is 4.89. The summed E-state index contributed by atoms with van der Waals surface area (Å²) in [4.78, 5) is 25.2. The Balaban J connectivity index is 2.38. The number of amides is 2. The standard InChI is InChI=1S/C13H15ClN2O2/c1-8-3-4-10(14)11(7-8)16-6-5-12(17)15-9(2)13(16)18/h3-4,7,9H,5-6H2,1-2H3,(H,15,17). The van der Waals surface area contributed by atoms with Crippen molar-refractivity contribution in [2.24, 2.45) is 0 Å². The van der Waals surface area contributed by atoms with Crippen LogP contribution in [0.3, 0.4) is 0 Å². The van der Waals surface area contributed by atoms with E-state index < -0.39 is 6.04 Å². The summed E-state index contributed by atoms with van der Waals surface area (Å²) in [6.07, 6.45) is 0.292. The molecule has 1 fully saturated rings. The van der Waals surface area contributed by atoms with Gasteiger partial charge >= 0.3 is 0 Å². The van der Waals surface area contributed by atoms with Gasteiger partial charge in [-0.1, -0.05) is 17.7 Å². The Kier molecular flexibility index (Phi) is 3.57. The topological polar surface area (TPSA) is 49.4 Å². The van der Waals surface area contributed by atoms with E-state index in [9.17, 15) is 9.59 Å². The van der Waals surface area contributed by atoms with Gasteiger partial charge in [0.2, 0.25) is 11.8 Å². The Morgan fingerprint density at radius 2 is 2.11 bits per heavy atom. The molecule has 1 aromatic carbocycles. The summed E-state index contributed by atoms with van der Waals surface area (Å²) in [5.74, 6) is -0.240. The van der Waals surface area contributed by atoms with Crippen LogP contribution in [0, 0.1) is 6.92 Å². The number of benzene rings is 1. The lowest BCUT2D eigenvalue weighted by atomic mass is 10.2. The van der Waals surface area contributed by atoms with Crippen LogP contribution < -0.4 is 10.2 Å². The van der Waals surface area contributed by atoms with Crippen molar-refractivity contribution in [2.45, 2.75) is 26.3 Å². The van der Waals surface area contributed by atoms with Crippen molar-refractivity contribution in [3.8, 4) is 0 Å². The van der Waals surface area contributed by atoms with Gasteiger partial charge in [0.15, 0.2) is 0 Å². The first-order valence-electron chi connectivity index (χ1n) is 5.86. The van der Waals surface area contributed by atoms with E-state index in [-0.39, 0.29) is 11.8 Å². The summed E-state index contributed by atoms with van der Waals surface area (Å²) < 4.78 is 0. The van der Waals surface area contributed by atoms with Gasteiger partial charge in [0, 0.05) is 13.0 Å². The zero-order valence-electron chi connectivity index (χ0n) is 10.4. The number of anilines is 1. The minimum absolute atomic E-state index is 0.109. The van der Waals surface area contributed by atoms with Crippen molar-refractivity contribution >= 4 is 29.1 Å². The number of nitrogens with zero attached hydrogens (tertiary/aromatic N) is 1. The zero-order valence-corrected chi connectivity index (χ0v) is 11.1. The number of nitrogens with one attached hydrogen (secondary N) is 1. The lowest BCUT2D eigenvalue weighted by Crippen LogP contribution is -2.42. The number of hydrogen-bond acceptors (Lipinski definition) is 2. The van der Waals surface area contributed by atoms with Crippen LogP contribution in [0.15, 0.2) is 18.2 Å². The molecule has 5 heteroatoms. The van der Waals surface area contributed by atoms with E-state index >= 15 is 0 Å². The molecule has 1 unspecified atom stereocenters. The lowest BCUT2D eigenvalue weighted by Gasteiger charge is -2.23. The highest BCUT2D eigenvalue weighted by Crippen LogP contribution is 2.28. The average molecular weight is 267 g/mol. The van der Waals surface area contributed by atoms with E-state index in [0.29, 0.717) is 23.7 Å². The van der Waals surface area contributed by atoms with Crippen molar-refractivity contribution < 1.29 is 9.59 Å². The molecule has 1 atom stereocenters. The van der Waals surface area contributed by atoms with Crippen LogP contribution in [0.5, 0.6) is 0 Å². The van der Waals surface area contributed by atoms with Crippen LogP contribution in [0.1, 0.15) is 18.9 Å². The zero-order chi connectivity index (χ0) is 13.3. The van der Waals surface area contributed by atoms with Crippen LogP contribution >= 0.6 is 11.6 Å². The van der Waals surface area contributed by atoms with E-state index in [2.05, 4.69) is 5.32 Å². The third kappa shape index (κ3) is 2.48. The number of aryl methyl sites for hydroxylation is 1. The Morgan fingerprint density at radius 1 is 1.39 bits per heavy atom. The highest BCUT2D eigenvalue weighted by atomic mass is 35.5. The molecule has 0 saturated carbocycles. The average Bonchev–Trinajstić information content (AvgIpc) is 2.44. The van der Waals surface area contributed by atoms with Crippen LogP contribution in [-0.4, -0.2) is 24.4 Å². The van der Waals surface area contributed by atoms with Gasteiger partial charge in [-0.05, 0) is 31.5 Å². The van der Waals surface area contributed by atoms with Crippen LogP contribution in [-0.2, 0) is 9.59 Å². The Hall–Kier alpha value is -1.55. The van der Waals surface area contributed by atoms with Crippen molar-refractivity contribution in [1.82, 2.24) is 5.32 Å². The second kappa shape index (κ2) is 4.98. The molecule has 1 aromatic rings. The molecule has 0 aliphatic carbocycles. The largest absolute Gasteiger partial charge is 0.345 e. The van der Waals surface area contributed by atoms with Gasteiger partial charge in [-0.2, -0.15) is 0 Å². The molecule has 0 aromatic heterocycles. The summed E-state index contributed by atoms with van der Waals surface area (Å²) in [5, 5.41) is 3.18. The first-order valence-corrected chi connectivity index (χ1v) is 6.23. The minimum atomic E-state index is -0.517. The molecular weight excluding hydrogens is 252 g/mol. The molecule has 2 rings (SSSR count). The second-order valence-electron chi connectivity index (χ2n) is 4.48. The summed E-state index contributed by atoms with van der Waals surface area (Å²) in [5.41, 5.74) is 1.70. The van der Waals surface area contributed by atoms with Gasteiger partial charge in [-0.15, -0.1) is 0 Å². The van der Waals surface area contributed by atoms with E-state index in [0.717, 1.165) is 5.56 Å². The van der Waals surface area contributed by atoms with Crippen LogP contribution in [0.2, 0.25) is 5.02 Å². The molecule has 18 heavy (non-hydrogen) atoms. The van der Waals surface area contributed by atoms with E-state index in [1.165, 1.54) is 0 Å². The van der Waals surface area contributed by atoms with Crippen molar-refractivity contribution in [2.75, 3.05) is 11.4 Å². The normalized spacial score (nSPS) is 20.6. The molecule has 0 spiro atoms. The number of halogens is 1. The van der Waals surface area contributed by atoms with E-state index in [1.54, 1.807) is 17.9 Å².